The van der Waals surface area contributed by atoms with Gasteiger partial charge in [-0.1, -0.05) is 90.9 Å². The highest BCUT2D eigenvalue weighted by Gasteiger charge is 2.13. The van der Waals surface area contributed by atoms with E-state index in [1.54, 1.807) is 0 Å². The van der Waals surface area contributed by atoms with E-state index in [0.29, 0.717) is 0 Å². The average molecular weight is 611 g/mol. The van der Waals surface area contributed by atoms with Crippen LogP contribution in [0.3, 0.4) is 0 Å². The molecule has 7 heteroatoms. The summed E-state index contributed by atoms with van der Waals surface area (Å²) in [6, 6.07) is 0. The molecule has 0 aromatic rings. The molecule has 0 bridgehead atoms. The fourth-order valence-corrected chi connectivity index (χ4v) is 3.76. The normalized spacial score (nSPS) is 11.1. The molecule has 0 unspecified atom stereocenters. The van der Waals surface area contributed by atoms with Gasteiger partial charge in [0.25, 0.3) is 0 Å². The third-order valence-corrected chi connectivity index (χ3v) is 6.00. The summed E-state index contributed by atoms with van der Waals surface area (Å²) in [7, 11) is 19.5. The van der Waals surface area contributed by atoms with Crippen molar-refractivity contribution in [3.63, 3.8) is 0 Å². The standard InChI is InChI=1S/C22H48N.C5H14NO.C4H12N.3ClH/c1-5-7-9-11-13-15-17-19-21-23(3,4)22-20-18-16-14-12-10-8-6-2;1-6(2,3)4-5-7;1-5(2,3)4;;;/h5-22H2,1-4H3;7H,4-5H2,1-3H3;1-4H3;3*1H/q3*+1;;;/p-3. The molecule has 0 aromatic heterocycles. The van der Waals surface area contributed by atoms with Crippen LogP contribution in [-0.2, 0) is 0 Å². The van der Waals surface area contributed by atoms with E-state index in [4.69, 9.17) is 5.11 Å². The van der Waals surface area contributed by atoms with E-state index in [-0.39, 0.29) is 43.8 Å². The summed E-state index contributed by atoms with van der Waals surface area (Å²) >= 11 is 0. The van der Waals surface area contributed by atoms with Crippen molar-refractivity contribution in [2.75, 3.05) is 89.7 Å². The predicted molar refractivity (Wildman–Crippen MR) is 161 cm³/mol. The van der Waals surface area contributed by atoms with Crippen LogP contribution in [0.5, 0.6) is 0 Å². The van der Waals surface area contributed by atoms with Crippen LogP contribution in [0.4, 0.5) is 0 Å². The first-order valence-corrected chi connectivity index (χ1v) is 15.2. The van der Waals surface area contributed by atoms with Crippen molar-refractivity contribution in [1.82, 2.24) is 0 Å². The van der Waals surface area contributed by atoms with Gasteiger partial charge in [0.1, 0.15) is 6.54 Å². The summed E-state index contributed by atoms with van der Waals surface area (Å²) in [5.41, 5.74) is 0. The van der Waals surface area contributed by atoms with E-state index in [2.05, 4.69) is 77.3 Å². The highest BCUT2D eigenvalue weighted by molar-refractivity contribution is 4.48. The van der Waals surface area contributed by atoms with Crippen LogP contribution >= 0.6 is 0 Å². The van der Waals surface area contributed by atoms with Crippen LogP contribution in [-0.4, -0.2) is 108 Å². The minimum Gasteiger partial charge on any atom is -1.00 e. The summed E-state index contributed by atoms with van der Waals surface area (Å²) in [5, 5.41) is 8.39. The number of hydrogen-bond acceptors (Lipinski definition) is 1. The topological polar surface area (TPSA) is 20.2 Å². The maximum Gasteiger partial charge on any atom is 0.101 e. The number of quaternary nitrogens is 3. The number of unbranched alkanes of at least 4 members (excludes halogenated alkanes) is 14. The van der Waals surface area contributed by atoms with Gasteiger partial charge in [-0.2, -0.15) is 0 Å². The molecule has 0 saturated carbocycles. The van der Waals surface area contributed by atoms with Gasteiger partial charge in [-0.15, -0.1) is 0 Å². The molecule has 240 valence electrons. The third-order valence-electron chi connectivity index (χ3n) is 6.00. The van der Waals surface area contributed by atoms with E-state index in [1.165, 1.54) is 120 Å². The highest BCUT2D eigenvalue weighted by Crippen LogP contribution is 2.13. The van der Waals surface area contributed by atoms with Crippen molar-refractivity contribution in [2.24, 2.45) is 0 Å². The van der Waals surface area contributed by atoms with E-state index < -0.39 is 0 Å². The smallest absolute Gasteiger partial charge is 0.101 e. The Morgan fingerprint density at radius 2 is 0.632 bits per heavy atom. The second-order valence-electron chi connectivity index (χ2n) is 13.8. The van der Waals surface area contributed by atoms with Gasteiger partial charge in [-0.3, -0.25) is 0 Å². The molecule has 0 amide bonds. The zero-order valence-corrected chi connectivity index (χ0v) is 30.3. The average Bonchev–Trinajstić information content (AvgIpc) is 2.70. The van der Waals surface area contributed by atoms with Crippen LogP contribution < -0.4 is 37.2 Å². The number of aliphatic hydroxyl groups is 1. The second kappa shape index (κ2) is 33.9. The molecule has 1 N–H and O–H groups in total. The van der Waals surface area contributed by atoms with Gasteiger partial charge in [0.15, 0.2) is 0 Å². The number of halogens is 3. The van der Waals surface area contributed by atoms with Crippen LogP contribution in [0.15, 0.2) is 0 Å². The number of nitrogens with zero attached hydrogens (tertiary/aromatic N) is 3. The number of likely N-dealkylation sites (N-methyl/N-ethyl adjacent to an activating group) is 1. The molecule has 0 heterocycles. The molecule has 0 aliphatic heterocycles. The Morgan fingerprint density at radius 1 is 0.395 bits per heavy atom. The van der Waals surface area contributed by atoms with Crippen molar-refractivity contribution < 1.29 is 55.8 Å². The lowest BCUT2D eigenvalue weighted by Crippen LogP contribution is -3.00. The van der Waals surface area contributed by atoms with Crippen LogP contribution in [0.2, 0.25) is 0 Å². The Bertz CT molecular complexity index is 384. The lowest BCUT2D eigenvalue weighted by atomic mass is 10.1. The number of hydrogen-bond donors (Lipinski definition) is 1. The Balaban J connectivity index is -0.000000143. The van der Waals surface area contributed by atoms with Crippen LogP contribution in [0, 0.1) is 0 Å². The Kier molecular flexibility index (Phi) is 45.9. The van der Waals surface area contributed by atoms with Gasteiger partial charge in [0, 0.05) is 0 Å². The van der Waals surface area contributed by atoms with Crippen LogP contribution in [0.1, 0.15) is 117 Å². The molecular formula is C31H74Cl3N3O. The fraction of sp³-hybridized carbons (Fsp3) is 1.00. The lowest BCUT2D eigenvalue weighted by Gasteiger charge is -2.30. The summed E-state index contributed by atoms with van der Waals surface area (Å²) < 4.78 is 3.09. The SMILES string of the molecule is CCCCCCCCCC[N+](C)(C)CCCCCCCCCC.C[N+](C)(C)C.C[N+](C)(C)CCO.[Cl-].[Cl-].[Cl-]. The Labute approximate surface area is 261 Å². The second-order valence-corrected chi connectivity index (χ2v) is 13.8. The first-order valence-electron chi connectivity index (χ1n) is 15.2. The monoisotopic (exact) mass is 609 g/mol. The highest BCUT2D eigenvalue weighted by atomic mass is 35.5. The molecule has 0 fully saturated rings. The van der Waals surface area contributed by atoms with E-state index >= 15 is 0 Å². The number of rotatable bonds is 20. The maximum atomic E-state index is 8.39. The quantitative estimate of drug-likeness (QED) is 0.130. The first-order chi connectivity index (χ1) is 16.2. The zero-order valence-electron chi connectivity index (χ0n) is 28.1. The molecule has 4 nitrogen and oxygen atoms in total. The van der Waals surface area contributed by atoms with Crippen molar-refractivity contribution in [1.29, 1.82) is 0 Å². The van der Waals surface area contributed by atoms with Crippen molar-refractivity contribution in [2.45, 2.75) is 117 Å². The molecule has 38 heavy (non-hydrogen) atoms. The van der Waals surface area contributed by atoms with E-state index in [1.807, 2.05) is 0 Å². The summed E-state index contributed by atoms with van der Waals surface area (Å²) in [4.78, 5) is 0. The molecular weight excluding hydrogens is 537 g/mol. The van der Waals surface area contributed by atoms with Crippen molar-refractivity contribution in [3.05, 3.63) is 0 Å². The van der Waals surface area contributed by atoms with Gasteiger partial charge in [0.2, 0.25) is 0 Å². The fourth-order valence-electron chi connectivity index (χ4n) is 3.76. The number of aliphatic hydroxyl groups excluding tert-OH is 1. The molecule has 0 atom stereocenters. The predicted octanol–water partition coefficient (Wildman–Crippen LogP) is -1.64. The van der Waals surface area contributed by atoms with E-state index in [0.717, 1.165) is 15.5 Å². The molecule has 0 aliphatic carbocycles. The van der Waals surface area contributed by atoms with E-state index in [9.17, 15) is 0 Å². The Morgan fingerprint density at radius 3 is 0.816 bits per heavy atom. The van der Waals surface area contributed by atoms with Crippen LogP contribution in [0.25, 0.3) is 0 Å². The summed E-state index contributed by atoms with van der Waals surface area (Å²) in [6.07, 6.45) is 23.0. The van der Waals surface area contributed by atoms with Crippen molar-refractivity contribution in [3.8, 4) is 0 Å². The van der Waals surface area contributed by atoms with Gasteiger partial charge >= 0.3 is 0 Å². The van der Waals surface area contributed by atoms with Gasteiger partial charge in [-0.05, 0) is 25.7 Å². The maximum absolute atomic E-state index is 8.39. The minimum absolute atomic E-state index is 0. The largest absolute Gasteiger partial charge is 1.00 e. The third kappa shape index (κ3) is 65.6. The molecule has 0 spiro atoms. The summed E-state index contributed by atoms with van der Waals surface area (Å²) in [6.45, 7) is 8.47. The van der Waals surface area contributed by atoms with Gasteiger partial charge in [-0.25, -0.2) is 0 Å². The minimum atomic E-state index is 0. The lowest BCUT2D eigenvalue weighted by molar-refractivity contribution is -0.890. The first kappa shape index (κ1) is 51.4. The van der Waals surface area contributed by atoms with Crippen molar-refractivity contribution >= 4 is 0 Å². The molecule has 0 saturated heterocycles. The molecule has 0 rings (SSSR count). The zero-order chi connectivity index (χ0) is 27.6. The van der Waals surface area contributed by atoms with Gasteiger partial charge < -0.3 is 55.8 Å². The molecule has 0 aliphatic rings. The summed E-state index contributed by atoms with van der Waals surface area (Å²) in [5.74, 6) is 0. The van der Waals surface area contributed by atoms with Gasteiger partial charge in [0.05, 0.1) is 83.1 Å². The molecule has 0 aromatic carbocycles. The molecule has 0 radical (unpaired) electrons. The Hall–Kier alpha value is 0.710.